The van der Waals surface area contributed by atoms with E-state index in [1.807, 2.05) is 6.92 Å². The Morgan fingerprint density at radius 1 is 1.12 bits per heavy atom. The van der Waals surface area contributed by atoms with E-state index in [2.05, 4.69) is 20.3 Å². The van der Waals surface area contributed by atoms with Crippen molar-refractivity contribution in [1.82, 2.24) is 19.9 Å². The molecule has 2 atom stereocenters. The SMILES string of the molecule is C[C@@H]1CCCN(C(=O)c2cccc(F)c2-c2ncccn2)[C@@H]1CNc1ccc(C(F)(F)F)cn1. The molecule has 1 N–H and O–H groups in total. The van der Waals surface area contributed by atoms with Crippen molar-refractivity contribution in [3.63, 3.8) is 0 Å². The van der Waals surface area contributed by atoms with Crippen LogP contribution in [0.15, 0.2) is 55.0 Å². The van der Waals surface area contributed by atoms with E-state index in [-0.39, 0.29) is 47.2 Å². The molecule has 4 rings (SSSR count). The van der Waals surface area contributed by atoms with Crippen LogP contribution >= 0.6 is 0 Å². The number of carbonyl (C=O) groups excluding carboxylic acids is 1. The summed E-state index contributed by atoms with van der Waals surface area (Å²) >= 11 is 0. The summed E-state index contributed by atoms with van der Waals surface area (Å²) < 4.78 is 53.1. The lowest BCUT2D eigenvalue weighted by Crippen LogP contribution is -2.51. The molecule has 0 aliphatic carbocycles. The average Bonchev–Trinajstić information content (AvgIpc) is 2.83. The van der Waals surface area contributed by atoms with E-state index in [0.29, 0.717) is 6.54 Å². The first-order valence-corrected chi connectivity index (χ1v) is 10.9. The number of amides is 1. The Morgan fingerprint density at radius 3 is 2.56 bits per heavy atom. The maximum atomic E-state index is 14.8. The lowest BCUT2D eigenvalue weighted by Gasteiger charge is -2.40. The number of carbonyl (C=O) groups is 1. The van der Waals surface area contributed by atoms with Gasteiger partial charge in [-0.15, -0.1) is 0 Å². The van der Waals surface area contributed by atoms with Crippen molar-refractivity contribution >= 4 is 11.7 Å². The largest absolute Gasteiger partial charge is 0.417 e. The number of rotatable bonds is 5. The smallest absolute Gasteiger partial charge is 0.368 e. The van der Waals surface area contributed by atoms with Crippen LogP contribution in [0.3, 0.4) is 0 Å². The molecule has 6 nitrogen and oxygen atoms in total. The number of piperidine rings is 1. The van der Waals surface area contributed by atoms with Crippen LogP contribution in [0.1, 0.15) is 35.7 Å². The number of hydrogen-bond donors (Lipinski definition) is 1. The number of aromatic nitrogens is 3. The van der Waals surface area contributed by atoms with E-state index in [1.165, 1.54) is 30.6 Å². The van der Waals surface area contributed by atoms with Crippen molar-refractivity contribution in [1.29, 1.82) is 0 Å². The van der Waals surface area contributed by atoms with Gasteiger partial charge in [-0.2, -0.15) is 13.2 Å². The number of likely N-dealkylation sites (tertiary alicyclic amines) is 1. The van der Waals surface area contributed by atoms with E-state index >= 15 is 0 Å². The number of halogens is 4. The van der Waals surface area contributed by atoms with Gasteiger partial charge in [0.15, 0.2) is 5.82 Å². The van der Waals surface area contributed by atoms with Gasteiger partial charge in [0.05, 0.1) is 22.7 Å². The van der Waals surface area contributed by atoms with Crippen LogP contribution in [0.5, 0.6) is 0 Å². The normalized spacial score (nSPS) is 18.6. The van der Waals surface area contributed by atoms with Gasteiger partial charge in [0, 0.05) is 31.7 Å². The molecule has 1 aromatic carbocycles. The number of alkyl halides is 3. The molecule has 0 unspecified atom stereocenters. The summed E-state index contributed by atoms with van der Waals surface area (Å²) in [6.07, 6.45) is 0.945. The fourth-order valence-electron chi connectivity index (χ4n) is 4.20. The maximum absolute atomic E-state index is 14.8. The molecule has 178 valence electrons. The third-order valence-corrected chi connectivity index (χ3v) is 5.99. The third-order valence-electron chi connectivity index (χ3n) is 5.99. The second-order valence-electron chi connectivity index (χ2n) is 8.23. The predicted octanol–water partition coefficient (Wildman–Crippen LogP) is 5.05. The molecule has 0 saturated carbocycles. The van der Waals surface area contributed by atoms with Gasteiger partial charge in [-0.3, -0.25) is 4.79 Å². The minimum absolute atomic E-state index is 0.0439. The van der Waals surface area contributed by atoms with Gasteiger partial charge < -0.3 is 10.2 Å². The quantitative estimate of drug-likeness (QED) is 0.525. The highest BCUT2D eigenvalue weighted by Gasteiger charge is 2.34. The molecule has 1 amide bonds. The zero-order chi connectivity index (χ0) is 24.3. The van der Waals surface area contributed by atoms with Crippen molar-refractivity contribution in [3.8, 4) is 11.4 Å². The Hall–Kier alpha value is -3.56. The Kier molecular flexibility index (Phi) is 6.76. The summed E-state index contributed by atoms with van der Waals surface area (Å²) in [6.45, 7) is 2.78. The molecule has 2 aromatic heterocycles. The van der Waals surface area contributed by atoms with Gasteiger partial charge in [0.1, 0.15) is 11.6 Å². The molecule has 1 fully saturated rings. The van der Waals surface area contributed by atoms with Crippen LogP contribution in [-0.4, -0.2) is 44.9 Å². The summed E-state index contributed by atoms with van der Waals surface area (Å²) in [5.41, 5.74) is -0.622. The van der Waals surface area contributed by atoms with E-state index in [9.17, 15) is 22.4 Å². The summed E-state index contributed by atoms with van der Waals surface area (Å²) in [6, 6.07) is 7.85. The molecule has 1 aliphatic rings. The van der Waals surface area contributed by atoms with E-state index < -0.39 is 17.6 Å². The van der Waals surface area contributed by atoms with E-state index in [1.54, 1.807) is 17.0 Å². The van der Waals surface area contributed by atoms with Crippen LogP contribution in [0.2, 0.25) is 0 Å². The van der Waals surface area contributed by atoms with Crippen molar-refractivity contribution in [2.24, 2.45) is 5.92 Å². The van der Waals surface area contributed by atoms with Crippen LogP contribution in [0, 0.1) is 11.7 Å². The Morgan fingerprint density at radius 2 is 1.88 bits per heavy atom. The summed E-state index contributed by atoms with van der Waals surface area (Å²) in [4.78, 5) is 27.4. The number of nitrogens with zero attached hydrogens (tertiary/aromatic N) is 4. The number of hydrogen-bond acceptors (Lipinski definition) is 5. The summed E-state index contributed by atoms with van der Waals surface area (Å²) in [7, 11) is 0. The average molecular weight is 473 g/mol. The van der Waals surface area contributed by atoms with Crippen molar-refractivity contribution in [2.75, 3.05) is 18.4 Å². The third kappa shape index (κ3) is 5.00. The highest BCUT2D eigenvalue weighted by molar-refractivity contribution is 6.00. The standard InChI is InChI=1S/C24H23F4N5O/c1-15-5-3-12-33(19(15)14-32-20-9-8-16(13-31-20)24(26,27)28)23(34)17-6-2-7-18(25)21(17)22-29-10-4-11-30-22/h2,4,6-11,13,15,19H,3,5,12,14H2,1H3,(H,31,32)/t15-,19-/m1/s1. The van der Waals surface area contributed by atoms with Gasteiger partial charge in [-0.25, -0.2) is 19.3 Å². The first-order valence-electron chi connectivity index (χ1n) is 10.9. The number of pyridine rings is 1. The number of benzene rings is 1. The Labute approximate surface area is 194 Å². The summed E-state index contributed by atoms with van der Waals surface area (Å²) in [5, 5.41) is 3.05. The lowest BCUT2D eigenvalue weighted by atomic mass is 9.89. The van der Waals surface area contributed by atoms with E-state index in [4.69, 9.17) is 0 Å². The fourth-order valence-corrected chi connectivity index (χ4v) is 4.20. The van der Waals surface area contributed by atoms with Crippen molar-refractivity contribution in [2.45, 2.75) is 32.0 Å². The molecule has 3 heterocycles. The molecular formula is C24H23F4N5O. The molecule has 1 aliphatic heterocycles. The highest BCUT2D eigenvalue weighted by atomic mass is 19.4. The van der Waals surface area contributed by atoms with Crippen LogP contribution in [-0.2, 0) is 6.18 Å². The topological polar surface area (TPSA) is 71.0 Å². The molecule has 0 bridgehead atoms. The zero-order valence-corrected chi connectivity index (χ0v) is 18.4. The van der Waals surface area contributed by atoms with Crippen LogP contribution in [0.4, 0.5) is 23.4 Å². The number of anilines is 1. The summed E-state index contributed by atoms with van der Waals surface area (Å²) in [5.74, 6) is -0.420. The predicted molar refractivity (Wildman–Crippen MR) is 118 cm³/mol. The Bertz CT molecular complexity index is 1140. The first kappa shape index (κ1) is 23.6. The van der Waals surface area contributed by atoms with Gasteiger partial charge in [0.25, 0.3) is 5.91 Å². The molecular weight excluding hydrogens is 450 g/mol. The van der Waals surface area contributed by atoms with Gasteiger partial charge in [-0.1, -0.05) is 13.0 Å². The molecule has 3 aromatic rings. The van der Waals surface area contributed by atoms with Crippen molar-refractivity contribution in [3.05, 3.63) is 71.9 Å². The first-order chi connectivity index (χ1) is 16.3. The van der Waals surface area contributed by atoms with Crippen molar-refractivity contribution < 1.29 is 22.4 Å². The second kappa shape index (κ2) is 9.74. The zero-order valence-electron chi connectivity index (χ0n) is 18.4. The Balaban J connectivity index is 1.57. The van der Waals surface area contributed by atoms with Crippen LogP contribution < -0.4 is 5.32 Å². The van der Waals surface area contributed by atoms with Gasteiger partial charge in [-0.05, 0) is 49.1 Å². The molecule has 0 spiro atoms. The molecule has 34 heavy (non-hydrogen) atoms. The minimum Gasteiger partial charge on any atom is -0.368 e. The molecule has 0 radical (unpaired) electrons. The second-order valence-corrected chi connectivity index (χ2v) is 8.23. The lowest BCUT2D eigenvalue weighted by molar-refractivity contribution is -0.137. The monoisotopic (exact) mass is 473 g/mol. The highest BCUT2D eigenvalue weighted by Crippen LogP contribution is 2.31. The van der Waals surface area contributed by atoms with Crippen LogP contribution in [0.25, 0.3) is 11.4 Å². The molecule has 1 saturated heterocycles. The maximum Gasteiger partial charge on any atom is 0.417 e. The van der Waals surface area contributed by atoms with Gasteiger partial charge in [0.2, 0.25) is 0 Å². The number of nitrogens with one attached hydrogen (secondary N) is 1. The van der Waals surface area contributed by atoms with E-state index in [0.717, 1.165) is 25.1 Å². The van der Waals surface area contributed by atoms with Gasteiger partial charge >= 0.3 is 6.18 Å². The fraction of sp³-hybridized carbons (Fsp3) is 0.333. The molecule has 10 heteroatoms. The minimum atomic E-state index is -4.46.